The minimum absolute atomic E-state index is 0.117. The molecule has 1 aliphatic heterocycles. The van der Waals surface area contributed by atoms with Crippen LogP contribution >= 0.6 is 23.2 Å². The summed E-state index contributed by atoms with van der Waals surface area (Å²) in [5, 5.41) is 14.0. The second-order valence-electron chi connectivity index (χ2n) is 7.41. The van der Waals surface area contributed by atoms with Crippen molar-refractivity contribution >= 4 is 35.1 Å². The van der Waals surface area contributed by atoms with Gasteiger partial charge in [0, 0.05) is 11.4 Å². The molecule has 3 amide bonds. The minimum Gasteiger partial charge on any atom is -0.489 e. The normalized spacial score (nSPS) is 21.8. The molecule has 1 saturated heterocycles. The van der Waals surface area contributed by atoms with Gasteiger partial charge in [-0.15, -0.1) is 0 Å². The maximum Gasteiger partial charge on any atom is 0.325 e. The maximum absolute atomic E-state index is 13.1. The Kier molecular flexibility index (Phi) is 5.42. The van der Waals surface area contributed by atoms with Crippen LogP contribution in [0.15, 0.2) is 42.5 Å². The van der Waals surface area contributed by atoms with Gasteiger partial charge in [-0.25, -0.2) is 4.79 Å². The number of aliphatic hydroxyl groups excluding tert-OH is 1. The van der Waals surface area contributed by atoms with Gasteiger partial charge in [0.15, 0.2) is 0 Å². The van der Waals surface area contributed by atoms with Crippen molar-refractivity contribution in [2.75, 3.05) is 13.2 Å². The molecule has 6 nitrogen and oxygen atoms in total. The number of urea groups is 1. The van der Waals surface area contributed by atoms with Crippen LogP contribution in [0.5, 0.6) is 5.75 Å². The number of rotatable bonds is 5. The van der Waals surface area contributed by atoms with Crippen molar-refractivity contribution in [2.24, 2.45) is 0 Å². The molecule has 2 unspecified atom stereocenters. The summed E-state index contributed by atoms with van der Waals surface area (Å²) in [5.41, 5.74) is 1.33. The van der Waals surface area contributed by atoms with E-state index in [1.54, 1.807) is 12.1 Å². The number of benzene rings is 2. The first-order chi connectivity index (χ1) is 13.9. The topological polar surface area (TPSA) is 78.9 Å². The number of β-amino-alcohol motifs (C(OH)–C–C–N with tert-alkyl or cyclic N) is 1. The summed E-state index contributed by atoms with van der Waals surface area (Å²) in [6.45, 7) is -0.270. The number of fused-ring (bicyclic) bond motifs is 1. The molecule has 1 spiro atoms. The summed E-state index contributed by atoms with van der Waals surface area (Å²) in [4.78, 5) is 26.6. The highest BCUT2D eigenvalue weighted by Gasteiger charge is 2.52. The van der Waals surface area contributed by atoms with E-state index in [1.165, 1.54) is 11.6 Å². The largest absolute Gasteiger partial charge is 0.489 e. The van der Waals surface area contributed by atoms with E-state index in [-0.39, 0.29) is 19.1 Å². The smallest absolute Gasteiger partial charge is 0.325 e. The number of carbonyl (C=O) groups excluding carboxylic acids is 2. The van der Waals surface area contributed by atoms with Gasteiger partial charge in [-0.2, -0.15) is 0 Å². The van der Waals surface area contributed by atoms with Crippen molar-refractivity contribution in [3.63, 3.8) is 0 Å². The Morgan fingerprint density at radius 1 is 1.17 bits per heavy atom. The number of amides is 3. The summed E-state index contributed by atoms with van der Waals surface area (Å²) >= 11 is 11.9. The van der Waals surface area contributed by atoms with E-state index in [4.69, 9.17) is 27.9 Å². The second-order valence-corrected chi connectivity index (χ2v) is 8.26. The van der Waals surface area contributed by atoms with Crippen molar-refractivity contribution in [2.45, 2.75) is 30.9 Å². The van der Waals surface area contributed by atoms with E-state index in [1.807, 2.05) is 24.3 Å². The van der Waals surface area contributed by atoms with Crippen molar-refractivity contribution < 1.29 is 19.4 Å². The third kappa shape index (κ3) is 3.92. The molecule has 1 fully saturated rings. The van der Waals surface area contributed by atoms with Crippen LogP contribution < -0.4 is 10.1 Å². The van der Waals surface area contributed by atoms with Crippen LogP contribution in [0.2, 0.25) is 10.0 Å². The average molecular weight is 435 g/mol. The Labute approximate surface area is 178 Å². The minimum atomic E-state index is -1.05. The first kappa shape index (κ1) is 20.0. The summed E-state index contributed by atoms with van der Waals surface area (Å²) in [6.07, 6.45) is 0.661. The molecule has 0 saturated carbocycles. The number of hydrogen-bond donors (Lipinski definition) is 2. The molecule has 1 heterocycles. The van der Waals surface area contributed by atoms with Gasteiger partial charge >= 0.3 is 6.03 Å². The van der Waals surface area contributed by atoms with Crippen molar-refractivity contribution in [1.82, 2.24) is 10.2 Å². The van der Waals surface area contributed by atoms with Crippen LogP contribution in [-0.4, -0.2) is 46.7 Å². The fourth-order valence-electron chi connectivity index (χ4n) is 3.91. The van der Waals surface area contributed by atoms with Gasteiger partial charge in [-0.1, -0.05) is 47.5 Å². The zero-order valence-corrected chi connectivity index (χ0v) is 17.0. The number of nitrogens with one attached hydrogen (secondary N) is 1. The number of aryl methyl sites for hydroxylation is 1. The summed E-state index contributed by atoms with van der Waals surface area (Å²) in [6, 6.07) is 12.2. The molecule has 2 aromatic carbocycles. The number of imide groups is 1. The lowest BCUT2D eigenvalue weighted by molar-refractivity contribution is -0.132. The highest BCUT2D eigenvalue weighted by atomic mass is 35.5. The van der Waals surface area contributed by atoms with Crippen LogP contribution in [0.25, 0.3) is 0 Å². The highest BCUT2D eigenvalue weighted by molar-refractivity contribution is 6.35. The lowest BCUT2D eigenvalue weighted by Gasteiger charge is -2.32. The number of carbonyl (C=O) groups is 2. The number of hydrogen-bond acceptors (Lipinski definition) is 4. The predicted octanol–water partition coefficient (Wildman–Crippen LogP) is 3.21. The molecule has 0 radical (unpaired) electrons. The molecule has 29 heavy (non-hydrogen) atoms. The summed E-state index contributed by atoms with van der Waals surface area (Å²) in [7, 11) is 0. The number of halogens is 2. The van der Waals surface area contributed by atoms with Crippen LogP contribution in [0, 0.1) is 0 Å². The van der Waals surface area contributed by atoms with Crippen molar-refractivity contribution in [3.8, 4) is 5.75 Å². The SMILES string of the molecule is O=C1NC2(CCc3ccccc3C2)C(=O)N1CC(O)COc1ccc(Cl)cc1Cl. The second kappa shape index (κ2) is 7.86. The Balaban J connectivity index is 1.40. The highest BCUT2D eigenvalue weighted by Crippen LogP contribution is 2.34. The third-order valence-electron chi connectivity index (χ3n) is 5.40. The van der Waals surface area contributed by atoms with Crippen LogP contribution in [-0.2, 0) is 17.6 Å². The Bertz CT molecular complexity index is 967. The van der Waals surface area contributed by atoms with Gasteiger partial charge in [-0.05, 0) is 42.2 Å². The molecule has 2 N–H and O–H groups in total. The number of nitrogens with zero attached hydrogens (tertiary/aromatic N) is 1. The zero-order valence-electron chi connectivity index (χ0n) is 15.5. The van der Waals surface area contributed by atoms with Gasteiger partial charge in [0.2, 0.25) is 0 Å². The quantitative estimate of drug-likeness (QED) is 0.708. The molecule has 1 aliphatic carbocycles. The van der Waals surface area contributed by atoms with Gasteiger partial charge < -0.3 is 15.2 Å². The summed E-state index contributed by atoms with van der Waals surface area (Å²) < 4.78 is 5.51. The van der Waals surface area contributed by atoms with Gasteiger partial charge in [-0.3, -0.25) is 9.69 Å². The standard InChI is InChI=1S/C21H20Cl2N2O4/c22-15-5-6-18(17(23)9-15)29-12-16(26)11-25-19(27)21(24-20(25)28)8-7-13-3-1-2-4-14(13)10-21/h1-6,9,16,26H,7-8,10-12H2,(H,24,28). The fourth-order valence-corrected chi connectivity index (χ4v) is 4.37. The molecule has 4 rings (SSSR count). The lowest BCUT2D eigenvalue weighted by atomic mass is 9.78. The Hall–Kier alpha value is -2.28. The predicted molar refractivity (Wildman–Crippen MR) is 109 cm³/mol. The average Bonchev–Trinajstić information content (AvgIpc) is 2.91. The number of ether oxygens (including phenoxy) is 1. The number of aliphatic hydroxyl groups is 1. The van der Waals surface area contributed by atoms with Crippen LogP contribution in [0.4, 0.5) is 4.79 Å². The lowest BCUT2D eigenvalue weighted by Crippen LogP contribution is -2.51. The maximum atomic E-state index is 13.1. The molecular weight excluding hydrogens is 415 g/mol. The van der Waals surface area contributed by atoms with Gasteiger partial charge in [0.25, 0.3) is 5.91 Å². The molecule has 0 bridgehead atoms. The molecular formula is C21H20Cl2N2O4. The summed E-state index contributed by atoms with van der Waals surface area (Å²) in [5.74, 6) is 0.0632. The molecule has 152 valence electrons. The van der Waals surface area contributed by atoms with E-state index >= 15 is 0 Å². The van der Waals surface area contributed by atoms with E-state index in [0.717, 1.165) is 16.9 Å². The molecule has 2 atom stereocenters. The van der Waals surface area contributed by atoms with Gasteiger partial charge in [0.05, 0.1) is 11.6 Å². The van der Waals surface area contributed by atoms with Crippen LogP contribution in [0.1, 0.15) is 17.5 Å². The molecule has 8 heteroatoms. The monoisotopic (exact) mass is 434 g/mol. The van der Waals surface area contributed by atoms with Crippen molar-refractivity contribution in [1.29, 1.82) is 0 Å². The van der Waals surface area contributed by atoms with E-state index in [9.17, 15) is 14.7 Å². The van der Waals surface area contributed by atoms with Crippen LogP contribution in [0.3, 0.4) is 0 Å². The first-order valence-electron chi connectivity index (χ1n) is 9.35. The molecule has 2 aromatic rings. The molecule has 2 aliphatic rings. The van der Waals surface area contributed by atoms with Crippen molar-refractivity contribution in [3.05, 3.63) is 63.6 Å². The fraction of sp³-hybridized carbons (Fsp3) is 0.333. The Morgan fingerprint density at radius 2 is 1.93 bits per heavy atom. The van der Waals surface area contributed by atoms with E-state index < -0.39 is 17.7 Å². The van der Waals surface area contributed by atoms with E-state index in [2.05, 4.69) is 5.32 Å². The van der Waals surface area contributed by atoms with Gasteiger partial charge in [0.1, 0.15) is 24.0 Å². The Morgan fingerprint density at radius 3 is 2.69 bits per heavy atom. The zero-order chi connectivity index (χ0) is 20.6. The first-order valence-corrected chi connectivity index (χ1v) is 10.1. The third-order valence-corrected chi connectivity index (χ3v) is 5.93. The van der Waals surface area contributed by atoms with E-state index in [0.29, 0.717) is 28.6 Å². The molecule has 0 aromatic heterocycles.